The molecule has 0 aromatic heterocycles. The molecule has 1 aromatic carbocycles. The van der Waals surface area contributed by atoms with Gasteiger partial charge in [0, 0.05) is 25.7 Å². The maximum atomic E-state index is 13.4. The molecule has 6 heteroatoms. The molecule has 3 aliphatic heterocycles. The van der Waals surface area contributed by atoms with Crippen molar-refractivity contribution in [2.75, 3.05) is 26.7 Å². The molecule has 0 spiro atoms. The van der Waals surface area contributed by atoms with E-state index in [9.17, 15) is 4.39 Å². The molecular weight excluding hydrogens is 314 g/mol. The molecule has 3 aliphatic rings. The van der Waals surface area contributed by atoms with Crippen molar-refractivity contribution in [1.82, 2.24) is 10.2 Å². The Morgan fingerprint density at radius 3 is 2.86 bits per heavy atom. The molecular formula is C15H23Cl2FN2O. The minimum atomic E-state index is -0.287. The first-order valence-corrected chi connectivity index (χ1v) is 7.03. The maximum absolute atomic E-state index is 13.4. The van der Waals surface area contributed by atoms with Gasteiger partial charge < -0.3 is 10.1 Å². The van der Waals surface area contributed by atoms with E-state index in [1.807, 2.05) is 12.1 Å². The Morgan fingerprint density at radius 2 is 2.10 bits per heavy atom. The third-order valence-electron chi connectivity index (χ3n) is 4.33. The topological polar surface area (TPSA) is 24.5 Å². The Morgan fingerprint density at radius 1 is 1.29 bits per heavy atom. The van der Waals surface area contributed by atoms with E-state index >= 15 is 0 Å². The summed E-state index contributed by atoms with van der Waals surface area (Å²) in [6, 6.07) is 5.81. The van der Waals surface area contributed by atoms with Gasteiger partial charge in [0.1, 0.15) is 0 Å². The molecule has 21 heavy (non-hydrogen) atoms. The molecule has 2 atom stereocenters. The van der Waals surface area contributed by atoms with Crippen LogP contribution < -0.4 is 10.1 Å². The zero-order valence-corrected chi connectivity index (χ0v) is 13.8. The van der Waals surface area contributed by atoms with Crippen LogP contribution in [0, 0.1) is 11.7 Å². The van der Waals surface area contributed by atoms with Gasteiger partial charge in [0.15, 0.2) is 11.6 Å². The fraction of sp³-hybridized carbons (Fsp3) is 0.600. The quantitative estimate of drug-likeness (QED) is 0.918. The van der Waals surface area contributed by atoms with Crippen molar-refractivity contribution in [3.05, 3.63) is 29.6 Å². The lowest BCUT2D eigenvalue weighted by Crippen LogP contribution is -2.42. The number of nitrogens with one attached hydrogen (secondary N) is 1. The number of halogens is 3. The van der Waals surface area contributed by atoms with E-state index in [2.05, 4.69) is 10.2 Å². The number of nitrogens with zero attached hydrogens (tertiary/aromatic N) is 1. The van der Waals surface area contributed by atoms with Gasteiger partial charge in [0.05, 0.1) is 7.11 Å². The second kappa shape index (κ2) is 8.18. The van der Waals surface area contributed by atoms with Gasteiger partial charge in [-0.2, -0.15) is 0 Å². The Balaban J connectivity index is 0.00000110. The first-order chi connectivity index (χ1) is 9.26. The third-order valence-corrected chi connectivity index (χ3v) is 4.33. The number of piperidine rings is 1. The number of rotatable bonds is 3. The summed E-state index contributed by atoms with van der Waals surface area (Å²) in [5, 5.41) is 3.53. The van der Waals surface area contributed by atoms with Crippen LogP contribution in [0.1, 0.15) is 18.4 Å². The maximum Gasteiger partial charge on any atom is 0.165 e. The number of methoxy groups -OCH3 is 1. The van der Waals surface area contributed by atoms with Crippen molar-refractivity contribution < 1.29 is 9.13 Å². The number of hydrogen-bond donors (Lipinski definition) is 1. The SMILES string of the molecule is COc1cc(CN2C[C@@H]3CC[C@H]2CNC3)ccc1F.Cl.Cl. The molecule has 0 unspecified atom stereocenters. The monoisotopic (exact) mass is 336 g/mol. The van der Waals surface area contributed by atoms with Crippen LogP contribution in [0.2, 0.25) is 0 Å². The van der Waals surface area contributed by atoms with Crippen molar-refractivity contribution in [3.8, 4) is 5.75 Å². The number of hydrogen-bond acceptors (Lipinski definition) is 3. The molecule has 1 aromatic rings. The van der Waals surface area contributed by atoms with Gasteiger partial charge in [-0.1, -0.05) is 6.07 Å². The highest BCUT2D eigenvalue weighted by molar-refractivity contribution is 5.85. The second-order valence-electron chi connectivity index (χ2n) is 5.65. The Labute approximate surface area is 138 Å². The summed E-state index contributed by atoms with van der Waals surface area (Å²) in [4.78, 5) is 2.53. The predicted octanol–water partition coefficient (Wildman–Crippen LogP) is 2.86. The molecule has 3 fully saturated rings. The van der Waals surface area contributed by atoms with Gasteiger partial charge >= 0.3 is 0 Å². The van der Waals surface area contributed by atoms with Crippen LogP contribution in [0.15, 0.2) is 18.2 Å². The van der Waals surface area contributed by atoms with Gasteiger partial charge in [-0.05, 0) is 43.0 Å². The largest absolute Gasteiger partial charge is 0.494 e. The number of benzene rings is 1. The molecule has 120 valence electrons. The summed E-state index contributed by atoms with van der Waals surface area (Å²) in [6.45, 7) is 4.26. The fourth-order valence-corrected chi connectivity index (χ4v) is 3.27. The van der Waals surface area contributed by atoms with E-state index < -0.39 is 0 Å². The summed E-state index contributed by atoms with van der Waals surface area (Å²) in [7, 11) is 1.51. The Bertz CT molecular complexity index is 457. The predicted molar refractivity (Wildman–Crippen MR) is 87.2 cm³/mol. The zero-order valence-electron chi connectivity index (χ0n) is 12.2. The average molecular weight is 337 g/mol. The fourth-order valence-electron chi connectivity index (χ4n) is 3.27. The average Bonchev–Trinajstić information content (AvgIpc) is 2.76. The van der Waals surface area contributed by atoms with E-state index in [4.69, 9.17) is 4.74 Å². The minimum Gasteiger partial charge on any atom is -0.494 e. The van der Waals surface area contributed by atoms with Crippen LogP contribution in [-0.4, -0.2) is 37.7 Å². The lowest BCUT2D eigenvalue weighted by Gasteiger charge is -2.36. The standard InChI is InChI=1S/C15H21FN2O.2ClH/c1-19-15-6-11(3-5-14(15)16)9-18-10-12-2-4-13(18)8-17-7-12;;/h3,5-6,12-13,17H,2,4,7-10H2,1H3;2*1H/t12-,13+;;/m1../s1. The highest BCUT2D eigenvalue weighted by atomic mass is 35.5. The van der Waals surface area contributed by atoms with Gasteiger partial charge in [0.2, 0.25) is 0 Å². The van der Waals surface area contributed by atoms with Crippen molar-refractivity contribution in [1.29, 1.82) is 0 Å². The molecule has 2 bridgehead atoms. The zero-order chi connectivity index (χ0) is 13.2. The van der Waals surface area contributed by atoms with Crippen molar-refractivity contribution in [3.63, 3.8) is 0 Å². The molecule has 3 saturated heterocycles. The molecule has 3 heterocycles. The summed E-state index contributed by atoms with van der Waals surface area (Å²) >= 11 is 0. The van der Waals surface area contributed by atoms with Crippen molar-refractivity contribution in [2.24, 2.45) is 5.92 Å². The van der Waals surface area contributed by atoms with Crippen molar-refractivity contribution in [2.45, 2.75) is 25.4 Å². The molecule has 3 nitrogen and oxygen atoms in total. The summed E-state index contributed by atoms with van der Waals surface area (Å²) < 4.78 is 18.5. The van der Waals surface area contributed by atoms with Gasteiger partial charge in [0.25, 0.3) is 0 Å². The van der Waals surface area contributed by atoms with Crippen molar-refractivity contribution >= 4 is 24.8 Å². The first kappa shape index (κ1) is 18.5. The Hall–Kier alpha value is -0.550. The molecule has 0 saturated carbocycles. The summed E-state index contributed by atoms with van der Waals surface area (Å²) in [5.74, 6) is 0.821. The van der Waals surface area contributed by atoms with E-state index in [0.29, 0.717) is 11.8 Å². The highest BCUT2D eigenvalue weighted by Crippen LogP contribution is 2.27. The van der Waals surface area contributed by atoms with Crippen LogP contribution >= 0.6 is 24.8 Å². The lowest BCUT2D eigenvalue weighted by molar-refractivity contribution is 0.126. The van der Waals surface area contributed by atoms with Gasteiger partial charge in [-0.3, -0.25) is 4.90 Å². The minimum absolute atomic E-state index is 0. The van der Waals surface area contributed by atoms with Gasteiger partial charge in [-0.25, -0.2) is 4.39 Å². The van der Waals surface area contributed by atoms with Crippen LogP contribution in [0.4, 0.5) is 4.39 Å². The number of ether oxygens (including phenoxy) is 1. The second-order valence-corrected chi connectivity index (χ2v) is 5.65. The summed E-state index contributed by atoms with van der Waals surface area (Å²) in [6.07, 6.45) is 2.61. The summed E-state index contributed by atoms with van der Waals surface area (Å²) in [5.41, 5.74) is 1.13. The third kappa shape index (κ3) is 4.22. The van der Waals surface area contributed by atoms with E-state index in [1.165, 1.54) is 26.0 Å². The lowest BCUT2D eigenvalue weighted by atomic mass is 9.94. The Kier molecular flexibility index (Phi) is 7.21. The molecule has 4 rings (SSSR count). The normalized spacial score (nSPS) is 24.7. The number of fused-ring (bicyclic) bond motifs is 4. The van der Waals surface area contributed by atoms with Crippen LogP contribution in [-0.2, 0) is 6.54 Å². The molecule has 0 radical (unpaired) electrons. The van der Waals surface area contributed by atoms with E-state index in [-0.39, 0.29) is 30.6 Å². The molecule has 0 amide bonds. The van der Waals surface area contributed by atoms with Crippen LogP contribution in [0.5, 0.6) is 5.75 Å². The smallest absolute Gasteiger partial charge is 0.165 e. The van der Waals surface area contributed by atoms with E-state index in [0.717, 1.165) is 37.7 Å². The van der Waals surface area contributed by atoms with Crippen LogP contribution in [0.3, 0.4) is 0 Å². The molecule has 1 N–H and O–H groups in total. The molecule has 0 aliphatic carbocycles. The first-order valence-electron chi connectivity index (χ1n) is 7.03. The van der Waals surface area contributed by atoms with Gasteiger partial charge in [-0.15, -0.1) is 24.8 Å². The van der Waals surface area contributed by atoms with E-state index in [1.54, 1.807) is 0 Å². The van der Waals surface area contributed by atoms with Crippen LogP contribution in [0.25, 0.3) is 0 Å². The highest BCUT2D eigenvalue weighted by Gasteiger charge is 2.31.